The summed E-state index contributed by atoms with van der Waals surface area (Å²) < 4.78 is 41.0. The van der Waals surface area contributed by atoms with E-state index in [1.165, 1.54) is 0 Å². The molecule has 0 fully saturated rings. The van der Waals surface area contributed by atoms with Crippen LogP contribution in [0.25, 0.3) is 0 Å². The quantitative estimate of drug-likeness (QED) is 0.920. The van der Waals surface area contributed by atoms with Crippen LogP contribution in [0.5, 0.6) is 0 Å². The Kier molecular flexibility index (Phi) is 4.01. The number of alkyl halides is 3. The van der Waals surface area contributed by atoms with Crippen LogP contribution >= 0.6 is 0 Å². The van der Waals surface area contributed by atoms with Crippen molar-refractivity contribution < 1.29 is 13.2 Å². The van der Waals surface area contributed by atoms with Gasteiger partial charge in [0.25, 0.3) is 0 Å². The second kappa shape index (κ2) is 5.56. The van der Waals surface area contributed by atoms with E-state index in [1.807, 2.05) is 6.92 Å². The zero-order valence-electron chi connectivity index (χ0n) is 11.3. The lowest BCUT2D eigenvalue weighted by atomic mass is 10.3. The Morgan fingerprint density at radius 3 is 2.50 bits per heavy atom. The van der Waals surface area contributed by atoms with Gasteiger partial charge < -0.3 is 5.32 Å². The van der Waals surface area contributed by atoms with Gasteiger partial charge in [0.1, 0.15) is 5.69 Å². The summed E-state index contributed by atoms with van der Waals surface area (Å²) in [5.41, 5.74) is 0.385. The summed E-state index contributed by atoms with van der Waals surface area (Å²) in [5.74, 6) is 0. The van der Waals surface area contributed by atoms with Gasteiger partial charge in [-0.1, -0.05) is 0 Å². The number of hydrogen-bond donors (Lipinski definition) is 1. The number of nitrogens with zero attached hydrogens (tertiary/aromatic N) is 4. The van der Waals surface area contributed by atoms with Crippen molar-refractivity contribution >= 4 is 5.69 Å². The van der Waals surface area contributed by atoms with E-state index in [0.29, 0.717) is 5.69 Å². The minimum absolute atomic E-state index is 0.183. The zero-order chi connectivity index (χ0) is 14.8. The van der Waals surface area contributed by atoms with Crippen LogP contribution in [0.1, 0.15) is 25.2 Å². The molecule has 0 atom stereocenters. The van der Waals surface area contributed by atoms with Crippen LogP contribution in [0, 0.1) is 0 Å². The molecule has 0 unspecified atom stereocenters. The van der Waals surface area contributed by atoms with Crippen LogP contribution in [-0.4, -0.2) is 19.6 Å². The topological polar surface area (TPSA) is 47.7 Å². The molecule has 0 aliphatic carbocycles. The van der Waals surface area contributed by atoms with Crippen molar-refractivity contribution in [2.45, 2.75) is 39.7 Å². The number of aromatic nitrogens is 4. The number of anilines is 1. The first kappa shape index (κ1) is 14.4. The average molecular weight is 287 g/mol. The average Bonchev–Trinajstić information content (AvgIpc) is 3.02. The fraction of sp³-hybridized carbons (Fsp3) is 0.500. The molecule has 0 saturated carbocycles. The van der Waals surface area contributed by atoms with Gasteiger partial charge in [-0.2, -0.15) is 23.4 Å². The zero-order valence-corrected chi connectivity index (χ0v) is 11.3. The lowest BCUT2D eigenvalue weighted by Crippen LogP contribution is -2.13. The highest BCUT2D eigenvalue weighted by atomic mass is 19.4. The molecule has 0 aliphatic heterocycles. The minimum atomic E-state index is -4.38. The van der Waals surface area contributed by atoms with Crippen molar-refractivity contribution in [3.8, 4) is 0 Å². The van der Waals surface area contributed by atoms with Crippen LogP contribution in [0.3, 0.4) is 0 Å². The maximum Gasteiger partial charge on any atom is 0.433 e. The summed E-state index contributed by atoms with van der Waals surface area (Å²) in [6.45, 7) is 4.73. The number of rotatable bonds is 5. The van der Waals surface area contributed by atoms with Gasteiger partial charge in [-0.3, -0.25) is 9.36 Å². The number of aryl methyl sites for hydroxylation is 2. The lowest BCUT2D eigenvalue weighted by molar-refractivity contribution is -0.144. The minimum Gasteiger partial charge on any atom is -0.377 e. The Morgan fingerprint density at radius 2 is 2.00 bits per heavy atom. The van der Waals surface area contributed by atoms with Gasteiger partial charge >= 0.3 is 6.18 Å². The Hall–Kier alpha value is -1.99. The van der Waals surface area contributed by atoms with Crippen molar-refractivity contribution in [2.24, 2.45) is 0 Å². The third-order valence-electron chi connectivity index (χ3n) is 2.85. The maximum atomic E-state index is 12.8. The SMILES string of the molecule is CCn1cc(NCc2cc(C(F)(F)F)n(CC)n2)cn1. The van der Waals surface area contributed by atoms with Crippen molar-refractivity contribution in [3.05, 3.63) is 29.8 Å². The molecule has 2 aromatic heterocycles. The van der Waals surface area contributed by atoms with Crippen molar-refractivity contribution in [3.63, 3.8) is 0 Å². The fourth-order valence-electron chi connectivity index (χ4n) is 1.85. The third kappa shape index (κ3) is 3.12. The number of hydrogen-bond acceptors (Lipinski definition) is 3. The summed E-state index contributed by atoms with van der Waals surface area (Å²) in [6, 6.07) is 1.07. The molecule has 0 spiro atoms. The largest absolute Gasteiger partial charge is 0.433 e. The normalized spacial score (nSPS) is 11.8. The molecule has 20 heavy (non-hydrogen) atoms. The van der Waals surface area contributed by atoms with Gasteiger partial charge in [-0.15, -0.1) is 0 Å². The fourth-order valence-corrected chi connectivity index (χ4v) is 1.85. The lowest BCUT2D eigenvalue weighted by Gasteiger charge is -2.07. The smallest absolute Gasteiger partial charge is 0.377 e. The highest BCUT2D eigenvalue weighted by molar-refractivity contribution is 5.38. The molecule has 0 saturated heterocycles. The first-order valence-electron chi connectivity index (χ1n) is 6.34. The Bertz CT molecular complexity index is 570. The predicted octanol–water partition coefficient (Wildman–Crippen LogP) is 2.75. The van der Waals surface area contributed by atoms with Gasteiger partial charge in [-0.25, -0.2) is 0 Å². The molecular weight excluding hydrogens is 271 g/mol. The molecule has 110 valence electrons. The van der Waals surface area contributed by atoms with Gasteiger partial charge in [-0.05, 0) is 19.9 Å². The van der Waals surface area contributed by atoms with E-state index >= 15 is 0 Å². The van der Waals surface area contributed by atoms with Gasteiger partial charge in [0.2, 0.25) is 0 Å². The number of halogens is 3. The molecule has 0 aliphatic rings. The van der Waals surface area contributed by atoms with E-state index in [9.17, 15) is 13.2 Å². The highest BCUT2D eigenvalue weighted by Gasteiger charge is 2.35. The third-order valence-corrected chi connectivity index (χ3v) is 2.85. The Morgan fingerprint density at radius 1 is 1.25 bits per heavy atom. The highest BCUT2D eigenvalue weighted by Crippen LogP contribution is 2.29. The summed E-state index contributed by atoms with van der Waals surface area (Å²) >= 11 is 0. The first-order valence-corrected chi connectivity index (χ1v) is 6.34. The summed E-state index contributed by atoms with van der Waals surface area (Å²) in [5, 5.41) is 11.0. The predicted molar refractivity (Wildman–Crippen MR) is 68.1 cm³/mol. The summed E-state index contributed by atoms with van der Waals surface area (Å²) in [6.07, 6.45) is -0.958. The molecule has 5 nitrogen and oxygen atoms in total. The number of nitrogens with one attached hydrogen (secondary N) is 1. The molecule has 0 amide bonds. The van der Waals surface area contributed by atoms with Gasteiger partial charge in [0, 0.05) is 19.3 Å². The molecule has 2 heterocycles. The second-order valence-corrected chi connectivity index (χ2v) is 4.27. The monoisotopic (exact) mass is 287 g/mol. The molecule has 0 bridgehead atoms. The first-order chi connectivity index (χ1) is 9.44. The van der Waals surface area contributed by atoms with Crippen LogP contribution in [0.4, 0.5) is 18.9 Å². The van der Waals surface area contributed by atoms with E-state index < -0.39 is 11.9 Å². The van der Waals surface area contributed by atoms with Gasteiger partial charge in [0.05, 0.1) is 24.1 Å². The molecule has 0 aromatic carbocycles. The maximum absolute atomic E-state index is 12.8. The molecule has 2 aromatic rings. The second-order valence-electron chi connectivity index (χ2n) is 4.27. The standard InChI is InChI=1S/C12H16F3N5/c1-3-19-8-10(7-17-19)16-6-9-5-11(12(13,14)15)20(4-2)18-9/h5,7-8,16H,3-4,6H2,1-2H3. The van der Waals surface area contributed by atoms with Crippen molar-refractivity contribution in [1.82, 2.24) is 19.6 Å². The summed E-state index contributed by atoms with van der Waals surface area (Å²) in [4.78, 5) is 0. The molecule has 1 N–H and O–H groups in total. The van der Waals surface area contributed by atoms with E-state index in [0.717, 1.165) is 23.0 Å². The molecular formula is C12H16F3N5. The van der Waals surface area contributed by atoms with Crippen LogP contribution in [0.2, 0.25) is 0 Å². The summed E-state index contributed by atoms with van der Waals surface area (Å²) in [7, 11) is 0. The molecule has 2 rings (SSSR count). The van der Waals surface area contributed by atoms with E-state index in [-0.39, 0.29) is 13.1 Å². The van der Waals surface area contributed by atoms with E-state index in [2.05, 4.69) is 15.5 Å². The van der Waals surface area contributed by atoms with Crippen molar-refractivity contribution in [1.29, 1.82) is 0 Å². The molecule has 0 radical (unpaired) electrons. The van der Waals surface area contributed by atoms with Crippen LogP contribution < -0.4 is 5.32 Å². The molecule has 8 heteroatoms. The van der Waals surface area contributed by atoms with E-state index in [1.54, 1.807) is 24.0 Å². The van der Waals surface area contributed by atoms with Crippen molar-refractivity contribution in [2.75, 3.05) is 5.32 Å². The van der Waals surface area contributed by atoms with Gasteiger partial charge in [0.15, 0.2) is 0 Å². The van der Waals surface area contributed by atoms with E-state index in [4.69, 9.17) is 0 Å². The van der Waals surface area contributed by atoms with Crippen LogP contribution in [-0.2, 0) is 25.8 Å². The Balaban J connectivity index is 2.08. The van der Waals surface area contributed by atoms with Crippen LogP contribution in [0.15, 0.2) is 18.5 Å². The Labute approximate surface area is 114 Å².